The summed E-state index contributed by atoms with van der Waals surface area (Å²) < 4.78 is 0. The molecule has 0 N–H and O–H groups in total. The van der Waals surface area contributed by atoms with Crippen molar-refractivity contribution in [1.82, 2.24) is 0 Å². The Kier molecular flexibility index (Phi) is 6.07. The molecule has 238 valence electrons. The summed E-state index contributed by atoms with van der Waals surface area (Å²) in [5, 5.41) is 5.15. The highest BCUT2D eigenvalue weighted by Crippen LogP contribution is 2.59. The molecule has 2 aliphatic carbocycles. The lowest BCUT2D eigenvalue weighted by Gasteiger charge is -2.24. The van der Waals surface area contributed by atoms with Gasteiger partial charge < -0.3 is 0 Å². The molecule has 0 saturated heterocycles. The van der Waals surface area contributed by atoms with Crippen LogP contribution in [0.3, 0.4) is 0 Å². The van der Waals surface area contributed by atoms with Gasteiger partial charge in [-0.3, -0.25) is 0 Å². The average Bonchev–Trinajstić information content (AvgIpc) is 3.53. The molecular formula is C50H38. The van der Waals surface area contributed by atoms with Crippen molar-refractivity contribution in [3.8, 4) is 55.6 Å². The molecule has 0 heteroatoms. The maximum atomic E-state index is 2.51. The number of benzene rings is 8. The van der Waals surface area contributed by atoms with Crippen LogP contribution in [0.1, 0.15) is 49.9 Å². The van der Waals surface area contributed by atoms with Crippen LogP contribution in [0.2, 0.25) is 0 Å². The summed E-state index contributed by atoms with van der Waals surface area (Å²) in [5.41, 5.74) is 18.8. The van der Waals surface area contributed by atoms with Gasteiger partial charge in [0.1, 0.15) is 0 Å². The molecule has 2 aliphatic rings. The molecule has 0 aliphatic heterocycles. The Balaban J connectivity index is 1.19. The monoisotopic (exact) mass is 638 g/mol. The Morgan fingerprint density at radius 2 is 0.700 bits per heavy atom. The first-order valence-corrected chi connectivity index (χ1v) is 17.9. The smallest absolute Gasteiger partial charge is 0.0159 e. The van der Waals surface area contributed by atoms with E-state index in [-0.39, 0.29) is 10.8 Å². The first-order chi connectivity index (χ1) is 24.3. The zero-order chi connectivity index (χ0) is 33.8. The first kappa shape index (κ1) is 29.2. The Bertz CT molecular complexity index is 2610. The fourth-order valence-corrected chi connectivity index (χ4v) is 9.39. The highest BCUT2D eigenvalue weighted by atomic mass is 14.5. The second-order valence-corrected chi connectivity index (χ2v) is 15.3. The molecule has 0 amide bonds. The average molecular weight is 639 g/mol. The predicted octanol–water partition coefficient (Wildman–Crippen LogP) is 13.6. The molecule has 0 bridgehead atoms. The maximum Gasteiger partial charge on any atom is 0.0159 e. The molecule has 8 aromatic carbocycles. The van der Waals surface area contributed by atoms with Crippen LogP contribution >= 0.6 is 0 Å². The summed E-state index contributed by atoms with van der Waals surface area (Å²) >= 11 is 0. The van der Waals surface area contributed by atoms with Gasteiger partial charge in [0.2, 0.25) is 0 Å². The van der Waals surface area contributed by atoms with Crippen molar-refractivity contribution in [2.75, 3.05) is 0 Å². The van der Waals surface area contributed by atoms with Gasteiger partial charge in [0.15, 0.2) is 0 Å². The molecule has 0 nitrogen and oxygen atoms in total. The largest absolute Gasteiger partial charge is 0.0622 e. The van der Waals surface area contributed by atoms with Crippen molar-refractivity contribution in [3.63, 3.8) is 0 Å². The summed E-state index contributed by atoms with van der Waals surface area (Å²) in [6, 6.07) is 59.0. The van der Waals surface area contributed by atoms with Gasteiger partial charge in [-0.15, -0.1) is 0 Å². The minimum absolute atomic E-state index is 0.0186. The van der Waals surface area contributed by atoms with Crippen molar-refractivity contribution >= 4 is 21.5 Å². The second-order valence-electron chi connectivity index (χ2n) is 15.3. The Morgan fingerprint density at radius 3 is 1.30 bits per heavy atom. The second kappa shape index (κ2) is 10.4. The molecule has 0 unspecified atom stereocenters. The zero-order valence-electron chi connectivity index (χ0n) is 29.0. The lowest BCUT2D eigenvalue weighted by atomic mass is 9.79. The molecule has 0 aromatic heterocycles. The van der Waals surface area contributed by atoms with Crippen LogP contribution in [0.5, 0.6) is 0 Å². The predicted molar refractivity (Wildman–Crippen MR) is 213 cm³/mol. The minimum atomic E-state index is -0.122. The van der Waals surface area contributed by atoms with Crippen LogP contribution in [-0.2, 0) is 10.8 Å². The van der Waals surface area contributed by atoms with Gasteiger partial charge in [0.05, 0.1) is 0 Å². The summed E-state index contributed by atoms with van der Waals surface area (Å²) in [4.78, 5) is 0. The molecular weight excluding hydrogens is 601 g/mol. The number of hydrogen-bond acceptors (Lipinski definition) is 0. The highest BCUT2D eigenvalue weighted by Gasteiger charge is 2.43. The lowest BCUT2D eigenvalue weighted by Crippen LogP contribution is -2.17. The Labute approximate surface area is 294 Å². The van der Waals surface area contributed by atoms with Crippen LogP contribution in [0.25, 0.3) is 77.2 Å². The third-order valence-corrected chi connectivity index (χ3v) is 11.9. The first-order valence-electron chi connectivity index (χ1n) is 17.9. The van der Waals surface area contributed by atoms with Crippen LogP contribution in [0.4, 0.5) is 0 Å². The van der Waals surface area contributed by atoms with E-state index in [2.05, 4.69) is 185 Å². The van der Waals surface area contributed by atoms with E-state index in [1.165, 1.54) is 99.4 Å². The van der Waals surface area contributed by atoms with E-state index in [1.54, 1.807) is 0 Å². The van der Waals surface area contributed by atoms with Crippen molar-refractivity contribution in [1.29, 1.82) is 0 Å². The molecule has 8 aromatic rings. The van der Waals surface area contributed by atoms with Gasteiger partial charge in [-0.1, -0.05) is 179 Å². The molecule has 0 fully saturated rings. The van der Waals surface area contributed by atoms with E-state index in [4.69, 9.17) is 0 Å². The third kappa shape index (κ3) is 3.94. The summed E-state index contributed by atoms with van der Waals surface area (Å²) in [7, 11) is 0. The van der Waals surface area contributed by atoms with Crippen molar-refractivity contribution in [2.45, 2.75) is 38.5 Å². The highest BCUT2D eigenvalue weighted by molar-refractivity contribution is 6.21. The van der Waals surface area contributed by atoms with E-state index >= 15 is 0 Å². The normalized spacial score (nSPS) is 14.7. The van der Waals surface area contributed by atoms with E-state index in [9.17, 15) is 0 Å². The summed E-state index contributed by atoms with van der Waals surface area (Å²) in [6.45, 7) is 9.59. The van der Waals surface area contributed by atoms with Gasteiger partial charge in [0.25, 0.3) is 0 Å². The van der Waals surface area contributed by atoms with E-state index in [0.29, 0.717) is 0 Å². The SMILES string of the molecule is CC1(C)c2ccccc2-c2c1ccc1c2-c2ccc(-c3c4ccccc4c(-c4ccc(-c5ccccc5)cc4)c4ccccc34)cc2C1(C)C. The van der Waals surface area contributed by atoms with Gasteiger partial charge in [-0.2, -0.15) is 0 Å². The Morgan fingerprint density at radius 1 is 0.280 bits per heavy atom. The molecule has 0 radical (unpaired) electrons. The van der Waals surface area contributed by atoms with Gasteiger partial charge >= 0.3 is 0 Å². The molecule has 0 heterocycles. The van der Waals surface area contributed by atoms with Crippen LogP contribution in [0.15, 0.2) is 158 Å². The molecule has 10 rings (SSSR count). The zero-order valence-corrected chi connectivity index (χ0v) is 29.0. The molecule has 0 spiro atoms. The van der Waals surface area contributed by atoms with Gasteiger partial charge in [0, 0.05) is 10.8 Å². The Hall–Kier alpha value is -5.72. The van der Waals surface area contributed by atoms with Gasteiger partial charge in [-0.25, -0.2) is 0 Å². The van der Waals surface area contributed by atoms with Crippen molar-refractivity contribution in [2.24, 2.45) is 0 Å². The fraction of sp³-hybridized carbons (Fsp3) is 0.120. The number of hydrogen-bond donors (Lipinski definition) is 0. The minimum Gasteiger partial charge on any atom is -0.0622 e. The van der Waals surface area contributed by atoms with Crippen LogP contribution < -0.4 is 0 Å². The van der Waals surface area contributed by atoms with Crippen LogP contribution in [0, 0.1) is 0 Å². The summed E-state index contributed by atoms with van der Waals surface area (Å²) in [6.07, 6.45) is 0. The standard InChI is InChI=1S/C50H38/c1-49(2)41-21-13-12-20-39(41)47-42(49)28-29-43-48(47)40-27-26-34(30-44(40)50(43,3)4)46-37-18-10-8-16-35(37)45(36-17-9-11-19-38(36)46)33-24-22-32(23-25-33)31-14-6-5-7-15-31/h5-30H,1-4H3. The molecule has 0 saturated carbocycles. The fourth-order valence-electron chi connectivity index (χ4n) is 9.39. The maximum absolute atomic E-state index is 2.51. The third-order valence-electron chi connectivity index (χ3n) is 11.9. The lowest BCUT2D eigenvalue weighted by molar-refractivity contribution is 0.651. The number of rotatable bonds is 3. The van der Waals surface area contributed by atoms with Crippen molar-refractivity contribution in [3.05, 3.63) is 180 Å². The van der Waals surface area contributed by atoms with E-state index in [0.717, 1.165) is 0 Å². The molecule has 50 heavy (non-hydrogen) atoms. The molecule has 0 atom stereocenters. The topological polar surface area (TPSA) is 0 Å². The van der Waals surface area contributed by atoms with E-state index < -0.39 is 0 Å². The quantitative estimate of drug-likeness (QED) is 0.169. The van der Waals surface area contributed by atoms with Gasteiger partial charge in [-0.05, 0) is 105 Å². The number of fused-ring (bicyclic) bond motifs is 9. The summed E-state index contributed by atoms with van der Waals surface area (Å²) in [5.74, 6) is 0. The van der Waals surface area contributed by atoms with Crippen LogP contribution in [-0.4, -0.2) is 0 Å². The van der Waals surface area contributed by atoms with E-state index in [1.807, 2.05) is 0 Å². The van der Waals surface area contributed by atoms with Crippen molar-refractivity contribution < 1.29 is 0 Å².